The molecule has 2 aromatic heterocycles. The molecule has 0 radical (unpaired) electrons. The van der Waals surface area contributed by atoms with Crippen molar-refractivity contribution in [1.29, 1.82) is 0 Å². The number of unbranched alkanes of at least 4 members (excludes halogenated alkanes) is 1. The quantitative estimate of drug-likeness (QED) is 0.0509. The molecule has 0 amide bonds. The molecule has 8 nitrogen and oxygen atoms in total. The van der Waals surface area contributed by atoms with E-state index in [0.717, 1.165) is 100 Å². The zero-order valence-electron chi connectivity index (χ0n) is 44.7. The van der Waals surface area contributed by atoms with Crippen molar-refractivity contribution in [1.82, 2.24) is 29.6 Å². The number of hydrogen-bond donors (Lipinski definition) is 2. The minimum absolute atomic E-state index is 0.0291. The molecule has 0 bridgehead atoms. The number of aromatic nitrogens is 2. The van der Waals surface area contributed by atoms with Crippen molar-refractivity contribution in [2.75, 3.05) is 60.9 Å². The van der Waals surface area contributed by atoms with Gasteiger partial charge in [-0.1, -0.05) is 97.5 Å². The van der Waals surface area contributed by atoms with Gasteiger partial charge in [0, 0.05) is 78.3 Å². The van der Waals surface area contributed by atoms with Crippen LogP contribution >= 0.6 is 0 Å². The number of allylic oxidation sites excluding steroid dienone is 2. The number of aliphatic imine (C=N–C) groups is 1. The summed E-state index contributed by atoms with van der Waals surface area (Å²) in [7, 11) is 8.65. The first-order valence-corrected chi connectivity index (χ1v) is 25.8. The van der Waals surface area contributed by atoms with Gasteiger partial charge in [0.2, 0.25) is 0 Å². The predicted octanol–water partition coefficient (Wildman–Crippen LogP) is 12.2. The van der Waals surface area contributed by atoms with Crippen LogP contribution in [0.1, 0.15) is 121 Å². The smallest absolute Gasteiger partial charge is 0.0693 e. The summed E-state index contributed by atoms with van der Waals surface area (Å²) < 4.78 is 2.58. The first kappa shape index (κ1) is 52.6. The van der Waals surface area contributed by atoms with Gasteiger partial charge in [0.15, 0.2) is 0 Å². The number of likely N-dealkylation sites (tertiary alicyclic amines) is 1. The normalized spacial score (nSPS) is 16.4. The Bertz CT molecular complexity index is 2480. The van der Waals surface area contributed by atoms with Crippen LogP contribution in [0.15, 0.2) is 103 Å². The van der Waals surface area contributed by atoms with Gasteiger partial charge in [-0.25, -0.2) is 0 Å². The van der Waals surface area contributed by atoms with E-state index in [-0.39, 0.29) is 22.9 Å². The summed E-state index contributed by atoms with van der Waals surface area (Å²) in [4.78, 5) is 17.5. The van der Waals surface area contributed by atoms with E-state index < -0.39 is 0 Å². The predicted molar refractivity (Wildman–Crippen MR) is 294 cm³/mol. The Morgan fingerprint density at radius 1 is 1.00 bits per heavy atom. The Balaban J connectivity index is 1.48. The van der Waals surface area contributed by atoms with Crippen molar-refractivity contribution in [3.63, 3.8) is 0 Å². The van der Waals surface area contributed by atoms with E-state index in [0.29, 0.717) is 18.4 Å². The van der Waals surface area contributed by atoms with Crippen LogP contribution in [0.3, 0.4) is 0 Å². The number of pyridine rings is 1. The van der Waals surface area contributed by atoms with Crippen molar-refractivity contribution < 1.29 is 0 Å². The molecule has 3 N–H and O–H groups in total. The Labute approximate surface area is 412 Å². The van der Waals surface area contributed by atoms with Crippen molar-refractivity contribution in [2.45, 2.75) is 132 Å². The van der Waals surface area contributed by atoms with E-state index in [4.69, 9.17) is 22.3 Å². The molecular weight excluding hydrogens is 833 g/mol. The largest absolute Gasteiger partial charge is 0.379 e. The summed E-state index contributed by atoms with van der Waals surface area (Å²) in [5.41, 5.74) is 23.2. The maximum Gasteiger partial charge on any atom is 0.0693 e. The van der Waals surface area contributed by atoms with Crippen LogP contribution in [0, 0.1) is 23.7 Å². The first-order chi connectivity index (χ1) is 32.2. The maximum atomic E-state index is 5.90. The van der Waals surface area contributed by atoms with Gasteiger partial charge in [-0.2, -0.15) is 0 Å². The van der Waals surface area contributed by atoms with Gasteiger partial charge in [0.1, 0.15) is 0 Å². The molecule has 4 heterocycles. The molecule has 368 valence electrons. The third-order valence-electron chi connectivity index (χ3n) is 15.1. The lowest BCUT2D eigenvalue weighted by atomic mass is 9.75. The third kappa shape index (κ3) is 11.8. The summed E-state index contributed by atoms with van der Waals surface area (Å²) in [6, 6.07) is 16.9. The molecule has 8 heteroatoms. The fourth-order valence-corrected chi connectivity index (χ4v) is 11.3. The lowest BCUT2D eigenvalue weighted by molar-refractivity contribution is 0.0720. The minimum atomic E-state index is -0.0291. The summed E-state index contributed by atoms with van der Waals surface area (Å²) >= 11 is 0. The zero-order valence-corrected chi connectivity index (χ0v) is 44.7. The number of nitrogens with two attached hydrogens (primary N) is 1. The van der Waals surface area contributed by atoms with Gasteiger partial charge in [-0.3, -0.25) is 9.98 Å². The molecule has 0 spiro atoms. The van der Waals surface area contributed by atoms with Gasteiger partial charge in [0.25, 0.3) is 0 Å². The van der Waals surface area contributed by atoms with E-state index in [9.17, 15) is 0 Å². The van der Waals surface area contributed by atoms with Crippen LogP contribution in [-0.4, -0.2) is 103 Å². The highest BCUT2D eigenvalue weighted by Gasteiger charge is 2.41. The second kappa shape index (κ2) is 22.3. The number of fused-ring (bicyclic) bond motifs is 1. The number of likely N-dealkylation sites (N-methyl/N-ethyl adjacent to an activating group) is 2. The topological polar surface area (TPSA) is 78.0 Å². The Kier molecular flexibility index (Phi) is 17.3. The summed E-state index contributed by atoms with van der Waals surface area (Å²) in [5.74, 6) is 0.696. The second-order valence-corrected chi connectivity index (χ2v) is 22.2. The number of aryl methyl sites for hydroxylation is 2. The molecule has 2 aliphatic rings. The standard InChI is InChI=1S/C60H88N8/c1-17-20-25-59(10,11)35-52-50-32-46(47-29-41(6)28-45(30-47)31-53(44(9)67(16)27-22-21-26-61)64-43(8)57(40(4)5)65(13)14)23-24-55(50)68(19-3)58(52)51-33-48(36-63-56(51)42(7)18-2)54-34-49(37-62-54)60(12)38-66(15)39-60/h17,23-24,28-30,32-34,36,40,42,53,57,64H,1,8-9,18-22,25-27,31,35,37-39,61H2,2-7,10-16H3. The Morgan fingerprint density at radius 2 is 1.74 bits per heavy atom. The maximum absolute atomic E-state index is 5.90. The molecule has 6 rings (SSSR count). The molecule has 3 unspecified atom stereocenters. The molecule has 2 aromatic carbocycles. The monoisotopic (exact) mass is 921 g/mol. The molecule has 1 saturated heterocycles. The fourth-order valence-electron chi connectivity index (χ4n) is 11.3. The second-order valence-electron chi connectivity index (χ2n) is 22.2. The highest BCUT2D eigenvalue weighted by molar-refractivity contribution is 6.11. The number of nitrogens with one attached hydrogen (secondary N) is 1. The van der Waals surface area contributed by atoms with Crippen LogP contribution in [-0.2, 0) is 19.4 Å². The fraction of sp³-hybridized carbons (Fsp3) is 0.533. The number of benzene rings is 2. The van der Waals surface area contributed by atoms with Crippen LogP contribution in [0.5, 0.6) is 0 Å². The molecule has 68 heavy (non-hydrogen) atoms. The average molecular weight is 921 g/mol. The van der Waals surface area contributed by atoms with Crippen LogP contribution in [0.2, 0.25) is 0 Å². The molecule has 4 aromatic rings. The first-order valence-electron chi connectivity index (χ1n) is 25.8. The van der Waals surface area contributed by atoms with Crippen LogP contribution in [0.4, 0.5) is 0 Å². The molecule has 3 atom stereocenters. The van der Waals surface area contributed by atoms with E-state index in [1.807, 2.05) is 0 Å². The molecule has 0 saturated carbocycles. The van der Waals surface area contributed by atoms with E-state index in [1.165, 1.54) is 61.2 Å². The van der Waals surface area contributed by atoms with Gasteiger partial charge in [-0.05, 0) is 156 Å². The third-order valence-corrected chi connectivity index (χ3v) is 15.1. The lowest BCUT2D eigenvalue weighted by Gasteiger charge is -2.47. The van der Waals surface area contributed by atoms with Crippen LogP contribution in [0.25, 0.3) is 33.3 Å². The van der Waals surface area contributed by atoms with Gasteiger partial charge < -0.3 is 30.3 Å². The van der Waals surface area contributed by atoms with E-state index in [1.54, 1.807) is 0 Å². The lowest BCUT2D eigenvalue weighted by Crippen LogP contribution is -2.53. The number of rotatable bonds is 25. The average Bonchev–Trinajstić information content (AvgIpc) is 3.90. The minimum Gasteiger partial charge on any atom is -0.379 e. The molecule has 1 fully saturated rings. The molecule has 2 aliphatic heterocycles. The van der Waals surface area contributed by atoms with Crippen molar-refractivity contribution >= 4 is 16.6 Å². The summed E-state index contributed by atoms with van der Waals surface area (Å²) in [6.45, 7) is 39.7. The SMILES string of the molecule is C=CCCC(C)(C)Cc1c(-c2cc(C3=NCC(C4(C)CN(C)C4)=C3)cnc2C(C)CC)n(CC)c2ccc(-c3cc(C)cc(CC(NC(=C)C(C(C)C)N(C)C)C(=C)N(C)CCCCN)c3)cc12. The Morgan fingerprint density at radius 3 is 2.37 bits per heavy atom. The number of nitrogens with zero attached hydrogens (tertiary/aromatic N) is 6. The van der Waals surface area contributed by atoms with Crippen molar-refractivity contribution in [3.8, 4) is 22.4 Å². The van der Waals surface area contributed by atoms with Gasteiger partial charge in [0.05, 0.1) is 35.7 Å². The van der Waals surface area contributed by atoms with Crippen molar-refractivity contribution in [3.05, 3.63) is 125 Å². The molecular formula is C60H88N8. The van der Waals surface area contributed by atoms with Gasteiger partial charge >= 0.3 is 0 Å². The van der Waals surface area contributed by atoms with Crippen molar-refractivity contribution in [2.24, 2.45) is 27.5 Å². The van der Waals surface area contributed by atoms with Gasteiger partial charge in [-0.15, -0.1) is 6.58 Å². The highest BCUT2D eigenvalue weighted by Crippen LogP contribution is 2.44. The van der Waals surface area contributed by atoms with E-state index in [2.05, 4.69) is 189 Å². The highest BCUT2D eigenvalue weighted by atomic mass is 15.2. The Hall–Kier alpha value is -4.76. The summed E-state index contributed by atoms with van der Waals surface area (Å²) in [5, 5.41) is 5.23. The van der Waals surface area contributed by atoms with E-state index >= 15 is 0 Å². The number of hydrogen-bond acceptors (Lipinski definition) is 7. The molecule has 0 aliphatic carbocycles. The zero-order chi connectivity index (χ0) is 49.7. The summed E-state index contributed by atoms with van der Waals surface area (Å²) in [6.07, 6.45) is 13.3. The van der Waals surface area contributed by atoms with Crippen LogP contribution < -0.4 is 11.1 Å².